The molecule has 90 valence electrons. The Hall–Kier alpha value is -1.81. The molecule has 0 spiro atoms. The Balaban J connectivity index is 1.93. The average molecular weight is 233 g/mol. The average Bonchev–Trinajstić information content (AvgIpc) is 2.71. The Labute approximate surface area is 99.2 Å². The van der Waals surface area contributed by atoms with Gasteiger partial charge in [-0.05, 0) is 19.1 Å². The van der Waals surface area contributed by atoms with Crippen LogP contribution in [-0.4, -0.2) is 23.7 Å². The van der Waals surface area contributed by atoms with Crippen molar-refractivity contribution < 1.29 is 14.3 Å². The number of rotatable bonds is 4. The van der Waals surface area contributed by atoms with Crippen LogP contribution in [0.3, 0.4) is 0 Å². The van der Waals surface area contributed by atoms with Gasteiger partial charge in [-0.25, -0.2) is 0 Å². The molecule has 1 aromatic carbocycles. The number of carbonyl (C=O) groups is 1. The van der Waals surface area contributed by atoms with Crippen molar-refractivity contribution >= 4 is 16.9 Å². The van der Waals surface area contributed by atoms with Crippen molar-refractivity contribution in [1.29, 1.82) is 0 Å². The molecule has 0 aliphatic rings. The van der Waals surface area contributed by atoms with Gasteiger partial charge in [0.15, 0.2) is 0 Å². The molecule has 2 N–H and O–H groups in total. The van der Waals surface area contributed by atoms with E-state index in [2.05, 4.69) is 5.32 Å². The highest BCUT2D eigenvalue weighted by atomic mass is 16.3. The van der Waals surface area contributed by atoms with Crippen LogP contribution in [0.15, 0.2) is 34.7 Å². The zero-order valence-corrected chi connectivity index (χ0v) is 9.64. The lowest BCUT2D eigenvalue weighted by molar-refractivity contribution is -0.128. The van der Waals surface area contributed by atoms with Gasteiger partial charge in [-0.2, -0.15) is 0 Å². The molecule has 0 fully saturated rings. The fraction of sp³-hybridized carbons (Fsp3) is 0.308. The number of furan rings is 1. The number of nitrogens with one attached hydrogen (secondary N) is 1. The van der Waals surface area contributed by atoms with E-state index in [-0.39, 0.29) is 5.91 Å². The number of carbonyl (C=O) groups excluding carboxylic acids is 1. The minimum absolute atomic E-state index is 0.360. The number of para-hydroxylation sites is 1. The summed E-state index contributed by atoms with van der Waals surface area (Å²) in [4.78, 5) is 11.1. The molecule has 4 nitrogen and oxygen atoms in total. The van der Waals surface area contributed by atoms with Gasteiger partial charge in [0, 0.05) is 18.4 Å². The van der Waals surface area contributed by atoms with E-state index < -0.39 is 6.10 Å². The summed E-state index contributed by atoms with van der Waals surface area (Å²) < 4.78 is 5.60. The lowest BCUT2D eigenvalue weighted by Crippen LogP contribution is -2.33. The molecule has 0 saturated heterocycles. The fourth-order valence-electron chi connectivity index (χ4n) is 1.62. The van der Waals surface area contributed by atoms with Crippen LogP contribution < -0.4 is 5.32 Å². The number of hydrogen-bond donors (Lipinski definition) is 2. The van der Waals surface area contributed by atoms with Gasteiger partial charge >= 0.3 is 0 Å². The molecule has 4 heteroatoms. The molecule has 0 aliphatic heterocycles. The third-order valence-corrected chi connectivity index (χ3v) is 2.53. The van der Waals surface area contributed by atoms with Crippen LogP contribution in [0.25, 0.3) is 11.0 Å². The highest BCUT2D eigenvalue weighted by molar-refractivity contribution is 5.80. The Morgan fingerprint density at radius 1 is 1.47 bits per heavy atom. The fourth-order valence-corrected chi connectivity index (χ4v) is 1.62. The summed E-state index contributed by atoms with van der Waals surface area (Å²) in [6.45, 7) is 1.90. The third kappa shape index (κ3) is 2.85. The molecule has 0 bridgehead atoms. The zero-order chi connectivity index (χ0) is 12.3. The molecular formula is C13H15NO3. The maximum atomic E-state index is 11.1. The maximum Gasteiger partial charge on any atom is 0.248 e. The van der Waals surface area contributed by atoms with Gasteiger partial charge in [0.1, 0.15) is 17.4 Å². The molecule has 0 saturated carbocycles. The van der Waals surface area contributed by atoms with Crippen LogP contribution in [0.4, 0.5) is 0 Å². The molecule has 2 aromatic rings. The SMILES string of the molecule is CC(O)C(=O)NCCc1cc2ccccc2o1. The highest BCUT2D eigenvalue weighted by Crippen LogP contribution is 2.18. The highest BCUT2D eigenvalue weighted by Gasteiger charge is 2.08. The summed E-state index contributed by atoms with van der Waals surface area (Å²) >= 11 is 0. The predicted octanol–water partition coefficient (Wildman–Crippen LogP) is 1.47. The van der Waals surface area contributed by atoms with Gasteiger partial charge in [0.25, 0.3) is 0 Å². The topological polar surface area (TPSA) is 62.5 Å². The van der Waals surface area contributed by atoms with E-state index in [1.165, 1.54) is 6.92 Å². The molecule has 1 unspecified atom stereocenters. The largest absolute Gasteiger partial charge is 0.461 e. The first-order valence-electron chi connectivity index (χ1n) is 5.60. The van der Waals surface area contributed by atoms with Gasteiger partial charge in [0.05, 0.1) is 0 Å². The number of benzene rings is 1. The molecule has 1 aromatic heterocycles. The molecule has 1 amide bonds. The number of aliphatic hydroxyl groups excluding tert-OH is 1. The van der Waals surface area contributed by atoms with Gasteiger partial charge in [-0.1, -0.05) is 18.2 Å². The first kappa shape index (κ1) is 11.7. The summed E-state index contributed by atoms with van der Waals surface area (Å²) in [5.41, 5.74) is 0.851. The summed E-state index contributed by atoms with van der Waals surface area (Å²) in [7, 11) is 0. The zero-order valence-electron chi connectivity index (χ0n) is 9.64. The Morgan fingerprint density at radius 2 is 2.24 bits per heavy atom. The molecule has 17 heavy (non-hydrogen) atoms. The third-order valence-electron chi connectivity index (χ3n) is 2.53. The van der Waals surface area contributed by atoms with E-state index in [1.54, 1.807) is 0 Å². The van der Waals surface area contributed by atoms with Crippen molar-refractivity contribution in [3.63, 3.8) is 0 Å². The van der Waals surface area contributed by atoms with Gasteiger partial charge in [-0.15, -0.1) is 0 Å². The van der Waals surface area contributed by atoms with Gasteiger partial charge in [0.2, 0.25) is 5.91 Å². The van der Waals surface area contributed by atoms with E-state index in [0.717, 1.165) is 16.7 Å². The van der Waals surface area contributed by atoms with E-state index in [4.69, 9.17) is 9.52 Å². The van der Waals surface area contributed by atoms with Crippen LogP contribution in [-0.2, 0) is 11.2 Å². The van der Waals surface area contributed by atoms with Crippen LogP contribution in [0.5, 0.6) is 0 Å². The Bertz CT molecular complexity index is 483. The quantitative estimate of drug-likeness (QED) is 0.840. The van der Waals surface area contributed by atoms with Crippen LogP contribution in [0.1, 0.15) is 12.7 Å². The summed E-state index contributed by atoms with van der Waals surface area (Å²) in [5.74, 6) is 0.471. The van der Waals surface area contributed by atoms with E-state index in [1.807, 2.05) is 30.3 Å². The van der Waals surface area contributed by atoms with Gasteiger partial charge in [-0.3, -0.25) is 4.79 Å². The predicted molar refractivity (Wildman–Crippen MR) is 64.6 cm³/mol. The summed E-state index contributed by atoms with van der Waals surface area (Å²) in [5, 5.41) is 12.7. The van der Waals surface area contributed by atoms with Crippen LogP contribution in [0, 0.1) is 0 Å². The standard InChI is InChI=1S/C13H15NO3/c1-9(15)13(16)14-7-6-11-8-10-4-2-3-5-12(10)17-11/h2-5,8-9,15H,6-7H2,1H3,(H,14,16). The second-order valence-electron chi connectivity index (χ2n) is 3.97. The van der Waals surface area contributed by atoms with Crippen molar-refractivity contribution in [3.8, 4) is 0 Å². The Morgan fingerprint density at radius 3 is 2.94 bits per heavy atom. The summed E-state index contributed by atoms with van der Waals surface area (Å²) in [6, 6.07) is 9.73. The number of aliphatic hydroxyl groups is 1. The maximum absolute atomic E-state index is 11.1. The van der Waals surface area contributed by atoms with E-state index >= 15 is 0 Å². The molecule has 0 aliphatic carbocycles. The molecule has 1 heterocycles. The van der Waals surface area contributed by atoms with E-state index in [9.17, 15) is 4.79 Å². The number of fused-ring (bicyclic) bond motifs is 1. The first-order valence-corrected chi connectivity index (χ1v) is 5.60. The Kier molecular flexibility index (Phi) is 3.44. The van der Waals surface area contributed by atoms with Crippen molar-refractivity contribution in [2.24, 2.45) is 0 Å². The second kappa shape index (κ2) is 5.01. The van der Waals surface area contributed by atoms with Crippen LogP contribution in [0.2, 0.25) is 0 Å². The van der Waals surface area contributed by atoms with Crippen LogP contribution >= 0.6 is 0 Å². The van der Waals surface area contributed by atoms with Gasteiger partial charge < -0.3 is 14.8 Å². The molecular weight excluding hydrogens is 218 g/mol. The van der Waals surface area contributed by atoms with E-state index in [0.29, 0.717) is 13.0 Å². The number of hydrogen-bond acceptors (Lipinski definition) is 3. The number of amides is 1. The normalized spacial score (nSPS) is 12.6. The molecule has 2 rings (SSSR count). The minimum Gasteiger partial charge on any atom is -0.461 e. The molecule has 1 atom stereocenters. The first-order chi connectivity index (χ1) is 8.16. The summed E-state index contributed by atoms with van der Waals surface area (Å²) in [6.07, 6.45) is -0.349. The van der Waals surface area contributed by atoms with Crippen molar-refractivity contribution in [3.05, 3.63) is 36.1 Å². The minimum atomic E-state index is -0.967. The molecule has 0 radical (unpaired) electrons. The smallest absolute Gasteiger partial charge is 0.248 e. The lowest BCUT2D eigenvalue weighted by atomic mass is 10.2. The van der Waals surface area contributed by atoms with Crippen molar-refractivity contribution in [2.45, 2.75) is 19.4 Å². The lowest BCUT2D eigenvalue weighted by Gasteiger charge is -2.05. The monoisotopic (exact) mass is 233 g/mol. The van der Waals surface area contributed by atoms with Crippen molar-refractivity contribution in [2.75, 3.05) is 6.54 Å². The second-order valence-corrected chi connectivity index (χ2v) is 3.97. The van der Waals surface area contributed by atoms with Crippen molar-refractivity contribution in [1.82, 2.24) is 5.32 Å².